The first-order valence-electron chi connectivity index (χ1n) is 11.0. The van der Waals surface area contributed by atoms with Gasteiger partial charge in [-0.2, -0.15) is 5.10 Å². The molecule has 2 aliphatic rings. The van der Waals surface area contributed by atoms with Crippen LogP contribution >= 0.6 is 0 Å². The maximum atomic E-state index is 15.2. The fourth-order valence-corrected chi connectivity index (χ4v) is 5.74. The number of rotatable bonds is 5. The van der Waals surface area contributed by atoms with Gasteiger partial charge in [0.15, 0.2) is 5.82 Å². The lowest BCUT2D eigenvalue weighted by atomic mass is 9.66. The molecule has 0 spiro atoms. The number of nitrogens with zero attached hydrogens (tertiary/aromatic N) is 4. The van der Waals surface area contributed by atoms with Crippen molar-refractivity contribution in [2.75, 3.05) is 13.2 Å². The highest BCUT2D eigenvalue weighted by Gasteiger charge is 2.66. The number of aliphatic hydroxyl groups excluding tert-OH is 1. The molecule has 2 heterocycles. The fraction of sp³-hybridized carbons (Fsp3) is 0.375. The Morgan fingerprint density at radius 1 is 1.15 bits per heavy atom. The Morgan fingerprint density at radius 3 is 2.59 bits per heavy atom. The van der Waals surface area contributed by atoms with Gasteiger partial charge in [-0.05, 0) is 47.9 Å². The monoisotopic (exact) mass is 469 g/mol. The first-order chi connectivity index (χ1) is 16.2. The predicted molar refractivity (Wildman–Crippen MR) is 115 cm³/mol. The number of hydrogen-bond acceptors (Lipinski definition) is 6. The number of carbonyl (C=O) groups excluding carboxylic acids is 1. The zero-order valence-electron chi connectivity index (χ0n) is 18.6. The summed E-state index contributed by atoms with van der Waals surface area (Å²) in [5.41, 5.74) is -0.470. The van der Waals surface area contributed by atoms with Crippen LogP contribution in [-0.2, 0) is 5.41 Å². The largest absolute Gasteiger partial charge is 0.395 e. The van der Waals surface area contributed by atoms with Gasteiger partial charge in [0.25, 0.3) is 5.91 Å². The van der Waals surface area contributed by atoms with E-state index in [0.717, 1.165) is 23.9 Å². The van der Waals surface area contributed by atoms with Crippen molar-refractivity contribution in [3.05, 3.63) is 70.7 Å². The number of carbonyl (C=O) groups is 1. The summed E-state index contributed by atoms with van der Waals surface area (Å²) in [6, 6.07) is 5.22. The number of hydrogen-bond donors (Lipinski definition) is 2. The van der Waals surface area contributed by atoms with Crippen molar-refractivity contribution in [1.29, 1.82) is 0 Å². The number of aliphatic hydroxyl groups is 1. The van der Waals surface area contributed by atoms with Gasteiger partial charge in [0.2, 0.25) is 5.82 Å². The van der Waals surface area contributed by atoms with Crippen LogP contribution in [0.5, 0.6) is 0 Å². The molecule has 0 radical (unpaired) electrons. The molecule has 1 fully saturated rings. The quantitative estimate of drug-likeness (QED) is 0.595. The molecule has 2 atom stereocenters. The standard InChI is InChI=1S/C24H22F3N5O2/c1-23(2)13-6-7-24(23,20-16(27)11-29-21(30-20)22(34)28-8-9-33)19-12(13)10-17(31-32-19)18-14(25)4-3-5-15(18)26/h3-5,10-11,13,33H,6-9H2,1-2H3,(H,28,34)/t13?,24-/m1/s1. The minimum Gasteiger partial charge on any atom is -0.395 e. The molecular formula is C24H22F3N5O2. The lowest BCUT2D eigenvalue weighted by Crippen LogP contribution is -2.40. The van der Waals surface area contributed by atoms with Crippen LogP contribution in [0.1, 0.15) is 60.2 Å². The van der Waals surface area contributed by atoms with Crippen LogP contribution in [0.15, 0.2) is 30.5 Å². The van der Waals surface area contributed by atoms with Gasteiger partial charge in [-0.15, -0.1) is 5.10 Å². The van der Waals surface area contributed by atoms with Gasteiger partial charge < -0.3 is 10.4 Å². The van der Waals surface area contributed by atoms with E-state index in [9.17, 15) is 13.6 Å². The molecule has 2 N–H and O–H groups in total. The number of amides is 1. The molecule has 34 heavy (non-hydrogen) atoms. The van der Waals surface area contributed by atoms with E-state index in [1.54, 1.807) is 6.07 Å². The summed E-state index contributed by atoms with van der Waals surface area (Å²) in [6.45, 7) is 3.70. The van der Waals surface area contributed by atoms with Gasteiger partial charge >= 0.3 is 0 Å². The van der Waals surface area contributed by atoms with E-state index in [2.05, 4.69) is 25.5 Å². The first-order valence-corrected chi connectivity index (χ1v) is 11.0. The highest BCUT2D eigenvalue weighted by molar-refractivity contribution is 5.90. The van der Waals surface area contributed by atoms with E-state index >= 15 is 4.39 Å². The Balaban J connectivity index is 1.67. The van der Waals surface area contributed by atoms with Crippen molar-refractivity contribution in [1.82, 2.24) is 25.5 Å². The Hall–Kier alpha value is -3.40. The summed E-state index contributed by atoms with van der Waals surface area (Å²) in [6.07, 6.45) is 2.16. The third kappa shape index (κ3) is 2.97. The van der Waals surface area contributed by atoms with Crippen LogP contribution in [0.25, 0.3) is 11.3 Å². The van der Waals surface area contributed by atoms with Crippen molar-refractivity contribution < 1.29 is 23.1 Å². The molecule has 1 saturated carbocycles. The van der Waals surface area contributed by atoms with E-state index in [1.807, 2.05) is 13.8 Å². The van der Waals surface area contributed by atoms with Crippen molar-refractivity contribution in [3.63, 3.8) is 0 Å². The summed E-state index contributed by atoms with van der Waals surface area (Å²) in [5.74, 6) is -3.09. The highest BCUT2D eigenvalue weighted by Crippen LogP contribution is 2.69. The second-order valence-corrected chi connectivity index (χ2v) is 9.22. The predicted octanol–water partition coefficient (Wildman–Crippen LogP) is 3.28. The average molecular weight is 469 g/mol. The number of fused-ring (bicyclic) bond motifs is 5. The third-order valence-electron chi connectivity index (χ3n) is 7.35. The number of benzene rings is 1. The molecular weight excluding hydrogens is 447 g/mol. The molecule has 1 unspecified atom stereocenters. The highest BCUT2D eigenvalue weighted by atomic mass is 19.1. The van der Waals surface area contributed by atoms with Gasteiger partial charge in [0.1, 0.15) is 11.6 Å². The summed E-state index contributed by atoms with van der Waals surface area (Å²) < 4.78 is 44.0. The van der Waals surface area contributed by atoms with Crippen LogP contribution in [0.3, 0.4) is 0 Å². The zero-order chi connectivity index (χ0) is 24.3. The molecule has 176 valence electrons. The maximum absolute atomic E-state index is 15.2. The second kappa shape index (κ2) is 7.83. The molecule has 10 heteroatoms. The Labute approximate surface area is 193 Å². The Bertz CT molecular complexity index is 1300. The normalized spacial score (nSPS) is 22.0. The van der Waals surface area contributed by atoms with E-state index in [1.165, 1.54) is 6.07 Å². The molecule has 3 aromatic rings. The molecule has 7 nitrogen and oxygen atoms in total. The van der Waals surface area contributed by atoms with Gasteiger partial charge in [0, 0.05) is 6.54 Å². The molecule has 2 bridgehead atoms. The van der Waals surface area contributed by atoms with Crippen LogP contribution in [0, 0.1) is 22.9 Å². The molecule has 2 aromatic heterocycles. The van der Waals surface area contributed by atoms with Crippen molar-refractivity contribution in [3.8, 4) is 11.3 Å². The topological polar surface area (TPSA) is 101 Å². The van der Waals surface area contributed by atoms with Crippen LogP contribution in [0.2, 0.25) is 0 Å². The summed E-state index contributed by atoms with van der Waals surface area (Å²) in [5, 5.41) is 19.9. The first kappa shape index (κ1) is 22.4. The van der Waals surface area contributed by atoms with E-state index in [4.69, 9.17) is 5.11 Å². The fourth-order valence-electron chi connectivity index (χ4n) is 5.74. The van der Waals surface area contributed by atoms with Crippen LogP contribution in [0.4, 0.5) is 13.2 Å². The summed E-state index contributed by atoms with van der Waals surface area (Å²) in [7, 11) is 0. The van der Waals surface area contributed by atoms with Gasteiger partial charge in [0.05, 0.1) is 40.9 Å². The van der Waals surface area contributed by atoms with Crippen molar-refractivity contribution in [2.24, 2.45) is 5.41 Å². The molecule has 5 rings (SSSR count). The van der Waals surface area contributed by atoms with E-state index in [-0.39, 0.29) is 41.8 Å². The van der Waals surface area contributed by atoms with Crippen LogP contribution < -0.4 is 5.32 Å². The lowest BCUT2D eigenvalue weighted by Gasteiger charge is -2.37. The zero-order valence-corrected chi connectivity index (χ0v) is 18.6. The van der Waals surface area contributed by atoms with Gasteiger partial charge in [-0.25, -0.2) is 23.1 Å². The number of nitrogens with one attached hydrogen (secondary N) is 1. The maximum Gasteiger partial charge on any atom is 0.289 e. The molecule has 2 aliphatic carbocycles. The number of aromatic nitrogens is 4. The Morgan fingerprint density at radius 2 is 1.88 bits per heavy atom. The summed E-state index contributed by atoms with van der Waals surface area (Å²) in [4.78, 5) is 20.5. The van der Waals surface area contributed by atoms with Crippen LogP contribution in [-0.4, -0.2) is 44.3 Å². The minimum atomic E-state index is -0.995. The van der Waals surface area contributed by atoms with Crippen molar-refractivity contribution >= 4 is 5.91 Å². The molecule has 1 amide bonds. The smallest absolute Gasteiger partial charge is 0.289 e. The van der Waals surface area contributed by atoms with Gasteiger partial charge in [-0.1, -0.05) is 19.9 Å². The van der Waals surface area contributed by atoms with E-state index in [0.29, 0.717) is 18.5 Å². The second-order valence-electron chi connectivity index (χ2n) is 9.22. The summed E-state index contributed by atoms with van der Waals surface area (Å²) >= 11 is 0. The SMILES string of the molecule is CC1(C)C2CC[C@]1(c1nc(C(=O)NCCO)ncc1F)c1nnc(-c3c(F)cccc3F)cc12. The van der Waals surface area contributed by atoms with Crippen molar-refractivity contribution in [2.45, 2.75) is 38.0 Å². The average Bonchev–Trinajstić information content (AvgIpc) is 3.18. The third-order valence-corrected chi connectivity index (χ3v) is 7.35. The van der Waals surface area contributed by atoms with Gasteiger partial charge in [-0.3, -0.25) is 4.79 Å². The number of halogens is 3. The lowest BCUT2D eigenvalue weighted by molar-refractivity contribution is 0.0932. The molecule has 0 saturated heterocycles. The van der Waals surface area contributed by atoms with E-state index < -0.39 is 34.2 Å². The molecule has 1 aromatic carbocycles. The molecule has 0 aliphatic heterocycles. The Kier molecular flexibility index (Phi) is 5.16. The minimum absolute atomic E-state index is 0.0112.